The van der Waals surface area contributed by atoms with Crippen LogP contribution in [0.1, 0.15) is 39.0 Å². The molecule has 2 heterocycles. The van der Waals surface area contributed by atoms with Crippen molar-refractivity contribution < 1.29 is 14.3 Å². The Balaban J connectivity index is 0.00000261. The first-order valence-electron chi connectivity index (χ1n) is 9.65. The maximum atomic E-state index is 12.3. The minimum absolute atomic E-state index is 0. The van der Waals surface area contributed by atoms with E-state index in [1.54, 1.807) is 12.1 Å². The van der Waals surface area contributed by atoms with Crippen molar-refractivity contribution in [2.45, 2.75) is 45.1 Å². The summed E-state index contributed by atoms with van der Waals surface area (Å²) in [6.45, 7) is 4.92. The van der Waals surface area contributed by atoms with Crippen LogP contribution in [0.15, 0.2) is 24.3 Å². The number of anilines is 2. The van der Waals surface area contributed by atoms with E-state index in [0.717, 1.165) is 44.5 Å². The van der Waals surface area contributed by atoms with E-state index in [1.807, 2.05) is 12.1 Å². The smallest absolute Gasteiger partial charge is 0.253 e. The van der Waals surface area contributed by atoms with Crippen LogP contribution in [0.25, 0.3) is 0 Å². The second-order valence-corrected chi connectivity index (χ2v) is 7.39. The Kier molecular flexibility index (Phi) is 8.54. The molecule has 3 rings (SSSR count). The minimum atomic E-state index is -0.342. The van der Waals surface area contributed by atoms with Crippen molar-refractivity contribution in [2.24, 2.45) is 11.8 Å². The Morgan fingerprint density at radius 2 is 1.74 bits per heavy atom. The third-order valence-electron chi connectivity index (χ3n) is 5.35. The lowest BCUT2D eigenvalue weighted by atomic mass is 9.84. The number of carbonyl (C=O) groups is 2. The summed E-state index contributed by atoms with van der Waals surface area (Å²) in [5.74, 6) is 0.960. The summed E-state index contributed by atoms with van der Waals surface area (Å²) < 4.78 is 5.38. The van der Waals surface area contributed by atoms with Gasteiger partial charge in [0.25, 0.3) is 5.91 Å². The number of halogens is 1. The Morgan fingerprint density at radius 1 is 1.11 bits per heavy atom. The first-order chi connectivity index (χ1) is 12.6. The maximum Gasteiger partial charge on any atom is 0.253 e. The Morgan fingerprint density at radius 3 is 2.33 bits per heavy atom. The van der Waals surface area contributed by atoms with Crippen LogP contribution in [0.5, 0.6) is 0 Å². The van der Waals surface area contributed by atoms with Gasteiger partial charge in [-0.15, -0.1) is 12.4 Å². The lowest BCUT2D eigenvalue weighted by Crippen LogP contribution is -2.32. The molecular formula is C20H30ClN3O3. The first kappa shape index (κ1) is 21.7. The zero-order valence-electron chi connectivity index (χ0n) is 15.8. The van der Waals surface area contributed by atoms with Crippen LogP contribution in [0.2, 0.25) is 0 Å². The van der Waals surface area contributed by atoms with Crippen LogP contribution in [-0.4, -0.2) is 37.6 Å². The third-order valence-corrected chi connectivity index (χ3v) is 5.35. The third kappa shape index (κ3) is 6.48. The molecule has 2 atom stereocenters. The molecule has 2 aliphatic rings. The van der Waals surface area contributed by atoms with Gasteiger partial charge in [-0.2, -0.15) is 0 Å². The number of nitrogens with one attached hydrogen (secondary N) is 3. The van der Waals surface area contributed by atoms with E-state index in [4.69, 9.17) is 4.74 Å². The van der Waals surface area contributed by atoms with E-state index < -0.39 is 0 Å². The number of benzene rings is 1. The second-order valence-electron chi connectivity index (χ2n) is 7.39. The molecule has 2 unspecified atom stereocenters. The summed E-state index contributed by atoms with van der Waals surface area (Å²) >= 11 is 0. The fraction of sp³-hybridized carbons (Fsp3) is 0.600. The highest BCUT2D eigenvalue weighted by Crippen LogP contribution is 2.25. The highest BCUT2D eigenvalue weighted by Gasteiger charge is 2.24. The highest BCUT2D eigenvalue weighted by atomic mass is 35.5. The van der Waals surface area contributed by atoms with E-state index >= 15 is 0 Å². The number of rotatable bonds is 6. The zero-order chi connectivity index (χ0) is 18.4. The number of hydrogen-bond donors (Lipinski definition) is 3. The van der Waals surface area contributed by atoms with Gasteiger partial charge in [-0.25, -0.2) is 0 Å². The fourth-order valence-electron chi connectivity index (χ4n) is 3.73. The van der Waals surface area contributed by atoms with Gasteiger partial charge in [0.15, 0.2) is 0 Å². The number of amides is 2. The van der Waals surface area contributed by atoms with Crippen LogP contribution in [0, 0.1) is 11.8 Å². The molecule has 27 heavy (non-hydrogen) atoms. The number of carbonyl (C=O) groups excluding carboxylic acids is 2. The molecule has 0 bridgehead atoms. The van der Waals surface area contributed by atoms with Gasteiger partial charge >= 0.3 is 0 Å². The van der Waals surface area contributed by atoms with Crippen LogP contribution < -0.4 is 16.0 Å². The van der Waals surface area contributed by atoms with Gasteiger partial charge in [0.1, 0.15) is 6.10 Å². The maximum absolute atomic E-state index is 12.3. The Bertz CT molecular complexity index is 611. The van der Waals surface area contributed by atoms with E-state index in [9.17, 15) is 9.59 Å². The van der Waals surface area contributed by atoms with Gasteiger partial charge in [0.05, 0.1) is 0 Å². The monoisotopic (exact) mass is 395 g/mol. The van der Waals surface area contributed by atoms with Crippen molar-refractivity contribution in [3.05, 3.63) is 24.3 Å². The second kappa shape index (κ2) is 10.6. The normalized spacial score (nSPS) is 21.1. The molecule has 0 saturated carbocycles. The minimum Gasteiger partial charge on any atom is -0.368 e. The summed E-state index contributed by atoms with van der Waals surface area (Å²) in [5, 5.41) is 9.17. The van der Waals surface area contributed by atoms with Crippen molar-refractivity contribution >= 4 is 35.6 Å². The molecular weight excluding hydrogens is 366 g/mol. The lowest BCUT2D eigenvalue weighted by molar-refractivity contribution is -0.124. The van der Waals surface area contributed by atoms with Crippen LogP contribution in [-0.2, 0) is 14.3 Å². The van der Waals surface area contributed by atoms with Crippen LogP contribution in [0.4, 0.5) is 11.4 Å². The number of ether oxygens (including phenoxy) is 1. The molecule has 2 fully saturated rings. The average molecular weight is 396 g/mol. The van der Waals surface area contributed by atoms with Crippen molar-refractivity contribution in [3.63, 3.8) is 0 Å². The molecule has 2 saturated heterocycles. The van der Waals surface area contributed by atoms with Crippen molar-refractivity contribution in [2.75, 3.05) is 30.3 Å². The average Bonchev–Trinajstić information content (AvgIpc) is 3.19. The molecule has 3 N–H and O–H groups in total. The first-order valence-corrected chi connectivity index (χ1v) is 9.65. The SMILES string of the molecule is CC(CC(=O)Nc1ccc(NC(=O)C2CCCO2)cc1)C1CCNCC1.Cl. The van der Waals surface area contributed by atoms with E-state index in [-0.39, 0.29) is 30.3 Å². The number of piperidine rings is 1. The van der Waals surface area contributed by atoms with Gasteiger partial charge in [-0.1, -0.05) is 6.92 Å². The Hall–Kier alpha value is -1.63. The summed E-state index contributed by atoms with van der Waals surface area (Å²) in [7, 11) is 0. The molecule has 6 nitrogen and oxygen atoms in total. The summed E-state index contributed by atoms with van der Waals surface area (Å²) in [5.41, 5.74) is 1.47. The molecule has 7 heteroatoms. The fourth-order valence-corrected chi connectivity index (χ4v) is 3.73. The Labute approximate surface area is 167 Å². The lowest BCUT2D eigenvalue weighted by Gasteiger charge is -2.27. The predicted octanol–water partition coefficient (Wildman–Crippen LogP) is 3.19. The van der Waals surface area contributed by atoms with E-state index in [2.05, 4.69) is 22.9 Å². The van der Waals surface area contributed by atoms with Gasteiger partial charge in [-0.05, 0) is 74.9 Å². The van der Waals surface area contributed by atoms with Gasteiger partial charge in [0.2, 0.25) is 5.91 Å². The quantitative estimate of drug-likeness (QED) is 0.691. The van der Waals surface area contributed by atoms with E-state index in [0.29, 0.717) is 30.6 Å². The molecule has 1 aromatic rings. The molecule has 1 aromatic carbocycles. The van der Waals surface area contributed by atoms with Gasteiger partial charge < -0.3 is 20.7 Å². The summed E-state index contributed by atoms with van der Waals surface area (Å²) in [6.07, 6.45) is 4.20. The molecule has 2 aliphatic heterocycles. The molecule has 0 spiro atoms. The van der Waals surface area contributed by atoms with Gasteiger partial charge in [0, 0.05) is 24.4 Å². The van der Waals surface area contributed by atoms with Gasteiger partial charge in [-0.3, -0.25) is 9.59 Å². The zero-order valence-corrected chi connectivity index (χ0v) is 16.6. The summed E-state index contributed by atoms with van der Waals surface area (Å²) in [6, 6.07) is 7.24. The molecule has 2 amide bonds. The van der Waals surface area contributed by atoms with Crippen molar-refractivity contribution in [1.29, 1.82) is 0 Å². The molecule has 0 aliphatic carbocycles. The highest BCUT2D eigenvalue weighted by molar-refractivity contribution is 5.95. The summed E-state index contributed by atoms with van der Waals surface area (Å²) in [4.78, 5) is 24.3. The molecule has 0 radical (unpaired) electrons. The van der Waals surface area contributed by atoms with Crippen molar-refractivity contribution in [1.82, 2.24) is 5.32 Å². The largest absolute Gasteiger partial charge is 0.368 e. The molecule has 150 valence electrons. The van der Waals surface area contributed by atoms with Crippen LogP contribution >= 0.6 is 12.4 Å². The topological polar surface area (TPSA) is 79.5 Å². The standard InChI is InChI=1S/C20H29N3O3.ClH/c1-14(15-8-10-21-11-9-15)13-19(24)22-16-4-6-17(7-5-16)23-20(25)18-3-2-12-26-18;/h4-7,14-15,18,21H,2-3,8-13H2,1H3,(H,22,24)(H,23,25);1H. The van der Waals surface area contributed by atoms with Crippen LogP contribution in [0.3, 0.4) is 0 Å². The van der Waals surface area contributed by atoms with E-state index in [1.165, 1.54) is 0 Å². The van der Waals surface area contributed by atoms with Crippen molar-refractivity contribution in [3.8, 4) is 0 Å². The number of hydrogen-bond acceptors (Lipinski definition) is 4. The predicted molar refractivity (Wildman–Crippen MR) is 109 cm³/mol. The molecule has 0 aromatic heterocycles.